The Hall–Kier alpha value is -2.14. The fraction of sp³-hybridized carbons (Fsp3) is 0.200. The van der Waals surface area contributed by atoms with Crippen LogP contribution in [0.25, 0.3) is 10.2 Å². The number of pyridine rings is 1. The number of hydrogen-bond acceptors (Lipinski definition) is 5. The fourth-order valence-electron chi connectivity index (χ4n) is 2.03. The zero-order valence-corrected chi connectivity index (χ0v) is 12.1. The Bertz CT molecular complexity index is 693. The summed E-state index contributed by atoms with van der Waals surface area (Å²) in [6.45, 7) is 2.09. The molecule has 20 heavy (non-hydrogen) atoms. The van der Waals surface area contributed by atoms with Crippen molar-refractivity contribution in [1.82, 2.24) is 9.97 Å². The number of hydrogen-bond donors (Lipinski definition) is 1. The lowest BCUT2D eigenvalue weighted by molar-refractivity contribution is 0.399. The molecule has 4 nitrogen and oxygen atoms in total. The second-order valence-corrected chi connectivity index (χ2v) is 5.51. The van der Waals surface area contributed by atoms with Crippen molar-refractivity contribution in [1.29, 1.82) is 0 Å². The van der Waals surface area contributed by atoms with Gasteiger partial charge < -0.3 is 10.1 Å². The molecule has 1 atom stereocenters. The summed E-state index contributed by atoms with van der Waals surface area (Å²) in [7, 11) is 1.62. The summed E-state index contributed by atoms with van der Waals surface area (Å²) >= 11 is 1.70. The summed E-state index contributed by atoms with van der Waals surface area (Å²) < 4.78 is 6.45. The third-order valence-electron chi connectivity index (χ3n) is 3.02. The Morgan fingerprint density at radius 2 is 2.05 bits per heavy atom. The predicted octanol–water partition coefficient (Wildman–Crippen LogP) is 3.87. The molecule has 0 bridgehead atoms. The van der Waals surface area contributed by atoms with Gasteiger partial charge in [-0.05, 0) is 31.2 Å². The molecule has 0 amide bonds. The molecule has 0 saturated carbocycles. The molecule has 2 aromatic heterocycles. The van der Waals surface area contributed by atoms with Crippen molar-refractivity contribution in [2.24, 2.45) is 0 Å². The second-order valence-electron chi connectivity index (χ2n) is 4.45. The van der Waals surface area contributed by atoms with Gasteiger partial charge in [-0.2, -0.15) is 0 Å². The zero-order chi connectivity index (χ0) is 13.9. The minimum atomic E-state index is 0.102. The van der Waals surface area contributed by atoms with Crippen LogP contribution < -0.4 is 10.1 Å². The van der Waals surface area contributed by atoms with Crippen molar-refractivity contribution in [3.63, 3.8) is 0 Å². The van der Waals surface area contributed by atoms with Gasteiger partial charge in [-0.3, -0.25) is 0 Å². The number of benzene rings is 1. The number of rotatable bonds is 4. The molecule has 1 aromatic carbocycles. The van der Waals surface area contributed by atoms with Gasteiger partial charge in [0.1, 0.15) is 5.01 Å². The molecule has 1 unspecified atom stereocenters. The standard InChI is InChI=1S/C15H15N3OS/c1-10(17-12-7-5-9-16-14(12)19-2)15-18-11-6-3-4-8-13(11)20-15/h3-10,17H,1-2H3. The number of thiazole rings is 1. The molecule has 3 rings (SSSR count). The highest BCUT2D eigenvalue weighted by molar-refractivity contribution is 7.18. The summed E-state index contributed by atoms with van der Waals surface area (Å²) in [6.07, 6.45) is 1.71. The van der Waals surface area contributed by atoms with Crippen LogP contribution >= 0.6 is 11.3 Å². The van der Waals surface area contributed by atoms with E-state index in [9.17, 15) is 0 Å². The summed E-state index contributed by atoms with van der Waals surface area (Å²) in [5.41, 5.74) is 1.92. The predicted molar refractivity (Wildman–Crippen MR) is 82.4 cm³/mol. The monoisotopic (exact) mass is 285 g/mol. The van der Waals surface area contributed by atoms with E-state index >= 15 is 0 Å². The molecule has 0 aliphatic rings. The molecular weight excluding hydrogens is 270 g/mol. The average molecular weight is 285 g/mol. The largest absolute Gasteiger partial charge is 0.480 e. The van der Waals surface area contributed by atoms with E-state index in [2.05, 4.69) is 28.3 Å². The third-order valence-corrected chi connectivity index (χ3v) is 4.24. The molecule has 0 saturated heterocycles. The number of para-hydroxylation sites is 1. The average Bonchev–Trinajstić information content (AvgIpc) is 2.92. The topological polar surface area (TPSA) is 47.0 Å². The van der Waals surface area contributed by atoms with Crippen LogP contribution in [0.2, 0.25) is 0 Å². The number of aromatic nitrogens is 2. The van der Waals surface area contributed by atoms with E-state index in [1.54, 1.807) is 24.6 Å². The first-order valence-electron chi connectivity index (χ1n) is 6.39. The Balaban J connectivity index is 1.87. The third kappa shape index (κ3) is 2.44. The number of anilines is 1. The molecule has 0 fully saturated rings. The molecule has 0 aliphatic carbocycles. The Morgan fingerprint density at radius 3 is 2.85 bits per heavy atom. The highest BCUT2D eigenvalue weighted by Gasteiger charge is 2.13. The van der Waals surface area contributed by atoms with Crippen molar-refractivity contribution >= 4 is 27.2 Å². The van der Waals surface area contributed by atoms with Crippen molar-refractivity contribution < 1.29 is 4.74 Å². The second kappa shape index (κ2) is 5.46. The number of ether oxygens (including phenoxy) is 1. The molecule has 2 heterocycles. The smallest absolute Gasteiger partial charge is 0.237 e. The maximum absolute atomic E-state index is 5.25. The van der Waals surface area contributed by atoms with Crippen molar-refractivity contribution in [3.05, 3.63) is 47.6 Å². The van der Waals surface area contributed by atoms with E-state index in [1.807, 2.05) is 30.3 Å². The Kier molecular flexibility index (Phi) is 3.52. The van der Waals surface area contributed by atoms with E-state index in [4.69, 9.17) is 4.74 Å². The van der Waals surface area contributed by atoms with Crippen LogP contribution in [0.1, 0.15) is 18.0 Å². The van der Waals surface area contributed by atoms with Crippen LogP contribution in [-0.2, 0) is 0 Å². The highest BCUT2D eigenvalue weighted by atomic mass is 32.1. The quantitative estimate of drug-likeness (QED) is 0.790. The first kappa shape index (κ1) is 12.9. The molecule has 1 N–H and O–H groups in total. The first-order valence-corrected chi connectivity index (χ1v) is 7.20. The molecular formula is C15H15N3OS. The van der Waals surface area contributed by atoms with Crippen LogP contribution in [-0.4, -0.2) is 17.1 Å². The van der Waals surface area contributed by atoms with E-state index in [0.29, 0.717) is 5.88 Å². The molecule has 0 spiro atoms. The van der Waals surface area contributed by atoms with Gasteiger partial charge in [0.2, 0.25) is 5.88 Å². The number of fused-ring (bicyclic) bond motifs is 1. The van der Waals surface area contributed by atoms with E-state index < -0.39 is 0 Å². The van der Waals surface area contributed by atoms with Gasteiger partial charge in [0.05, 0.1) is 29.1 Å². The summed E-state index contributed by atoms with van der Waals surface area (Å²) in [6, 6.07) is 12.1. The van der Waals surface area contributed by atoms with Gasteiger partial charge in [0.15, 0.2) is 0 Å². The van der Waals surface area contributed by atoms with Gasteiger partial charge in [0.25, 0.3) is 0 Å². The zero-order valence-electron chi connectivity index (χ0n) is 11.3. The van der Waals surface area contributed by atoms with Crippen LogP contribution in [0.15, 0.2) is 42.6 Å². The number of nitrogens with one attached hydrogen (secondary N) is 1. The van der Waals surface area contributed by atoms with E-state index in [-0.39, 0.29) is 6.04 Å². The van der Waals surface area contributed by atoms with Crippen LogP contribution in [0.4, 0.5) is 5.69 Å². The maximum atomic E-state index is 5.25. The van der Waals surface area contributed by atoms with Crippen LogP contribution in [0.5, 0.6) is 5.88 Å². The van der Waals surface area contributed by atoms with Gasteiger partial charge >= 0.3 is 0 Å². The molecule has 0 aliphatic heterocycles. The number of methoxy groups -OCH3 is 1. The Labute approximate surface area is 121 Å². The lowest BCUT2D eigenvalue weighted by Gasteiger charge is -2.14. The highest BCUT2D eigenvalue weighted by Crippen LogP contribution is 2.30. The molecule has 0 radical (unpaired) electrons. The normalized spacial score (nSPS) is 12.3. The number of nitrogens with zero attached hydrogens (tertiary/aromatic N) is 2. The summed E-state index contributed by atoms with van der Waals surface area (Å²) in [4.78, 5) is 8.84. The van der Waals surface area contributed by atoms with Gasteiger partial charge in [-0.25, -0.2) is 9.97 Å². The Morgan fingerprint density at radius 1 is 1.20 bits per heavy atom. The minimum Gasteiger partial charge on any atom is -0.480 e. The summed E-state index contributed by atoms with van der Waals surface area (Å²) in [5, 5.41) is 4.45. The van der Waals surface area contributed by atoms with Crippen LogP contribution in [0, 0.1) is 0 Å². The minimum absolute atomic E-state index is 0.102. The summed E-state index contributed by atoms with van der Waals surface area (Å²) in [5.74, 6) is 0.598. The van der Waals surface area contributed by atoms with E-state index in [1.165, 1.54) is 4.70 Å². The van der Waals surface area contributed by atoms with Gasteiger partial charge in [-0.15, -0.1) is 11.3 Å². The van der Waals surface area contributed by atoms with Gasteiger partial charge in [0, 0.05) is 6.20 Å². The molecule has 5 heteroatoms. The van der Waals surface area contributed by atoms with E-state index in [0.717, 1.165) is 16.2 Å². The lowest BCUT2D eigenvalue weighted by atomic mass is 10.3. The van der Waals surface area contributed by atoms with Gasteiger partial charge in [-0.1, -0.05) is 12.1 Å². The van der Waals surface area contributed by atoms with Crippen molar-refractivity contribution in [2.45, 2.75) is 13.0 Å². The van der Waals surface area contributed by atoms with Crippen LogP contribution in [0.3, 0.4) is 0 Å². The first-order chi connectivity index (χ1) is 9.78. The lowest BCUT2D eigenvalue weighted by Crippen LogP contribution is -2.07. The van der Waals surface area contributed by atoms with Crippen molar-refractivity contribution in [2.75, 3.05) is 12.4 Å². The maximum Gasteiger partial charge on any atom is 0.237 e. The molecule has 3 aromatic rings. The van der Waals surface area contributed by atoms with Crippen molar-refractivity contribution in [3.8, 4) is 5.88 Å². The molecule has 102 valence electrons. The fourth-order valence-corrected chi connectivity index (χ4v) is 3.00. The SMILES string of the molecule is COc1ncccc1NC(C)c1nc2ccccc2s1.